The number of nitrogens with zero attached hydrogens (tertiary/aromatic N) is 2. The van der Waals surface area contributed by atoms with Crippen LogP contribution in [0.5, 0.6) is 0 Å². The summed E-state index contributed by atoms with van der Waals surface area (Å²) < 4.78 is 0. The summed E-state index contributed by atoms with van der Waals surface area (Å²) in [6.07, 6.45) is 0.481. The number of carbonyl (C=O) groups excluding carboxylic acids is 1. The van der Waals surface area contributed by atoms with Gasteiger partial charge in [-0.1, -0.05) is 72.7 Å². The first-order valence-electron chi connectivity index (χ1n) is 7.99. The number of amidine groups is 1. The van der Waals surface area contributed by atoms with Crippen LogP contribution in [-0.4, -0.2) is 21.8 Å². The van der Waals surface area contributed by atoms with E-state index in [9.17, 15) is 4.79 Å². The third-order valence-corrected chi connectivity index (χ3v) is 3.92. The molecule has 0 fully saturated rings. The molecule has 0 aliphatic heterocycles. The van der Waals surface area contributed by atoms with Crippen molar-refractivity contribution in [3.8, 4) is 0 Å². The van der Waals surface area contributed by atoms with Gasteiger partial charge in [0.15, 0.2) is 5.84 Å². The van der Waals surface area contributed by atoms with Crippen LogP contribution in [0.2, 0.25) is 0 Å². The Balaban J connectivity index is 2.25. The lowest BCUT2D eigenvalue weighted by atomic mass is 10.0. The zero-order valence-electron chi connectivity index (χ0n) is 13.8. The van der Waals surface area contributed by atoms with Gasteiger partial charge in [0.25, 0.3) is 0 Å². The predicted molar refractivity (Wildman–Crippen MR) is 94.3 cm³/mol. The molecule has 2 aromatic rings. The quantitative estimate of drug-likeness (QED) is 0.355. The topological polar surface area (TPSA) is 78.9 Å². The van der Waals surface area contributed by atoms with Gasteiger partial charge >= 0.3 is 0 Å². The number of carbonyl (C=O) groups is 1. The largest absolute Gasteiger partial charge is 0.409 e. The summed E-state index contributed by atoms with van der Waals surface area (Å²) in [5.74, 6) is -0.809. The molecule has 0 bridgehead atoms. The minimum atomic E-state index is -0.623. The third-order valence-electron chi connectivity index (χ3n) is 3.92. The van der Waals surface area contributed by atoms with Gasteiger partial charge in [-0.05, 0) is 17.5 Å². The van der Waals surface area contributed by atoms with Crippen LogP contribution >= 0.6 is 0 Å². The maximum atomic E-state index is 12.9. The van der Waals surface area contributed by atoms with Gasteiger partial charge in [-0.15, -0.1) is 0 Å². The second kappa shape index (κ2) is 8.72. The summed E-state index contributed by atoms with van der Waals surface area (Å²) in [7, 11) is 0. The highest BCUT2D eigenvalue weighted by Crippen LogP contribution is 2.16. The molecule has 0 radical (unpaired) electrons. The lowest BCUT2D eigenvalue weighted by molar-refractivity contribution is -0.134. The molecule has 0 saturated heterocycles. The highest BCUT2D eigenvalue weighted by Gasteiger charge is 2.26. The van der Waals surface area contributed by atoms with E-state index in [-0.39, 0.29) is 11.7 Å². The molecule has 0 aliphatic rings. The molecule has 0 heterocycles. The average Bonchev–Trinajstić information content (AvgIpc) is 2.63. The van der Waals surface area contributed by atoms with Gasteiger partial charge in [0.1, 0.15) is 0 Å². The normalized spacial score (nSPS) is 12.6. The number of benzene rings is 2. The summed E-state index contributed by atoms with van der Waals surface area (Å²) >= 11 is 0. The Kier molecular flexibility index (Phi) is 6.37. The minimum Gasteiger partial charge on any atom is -0.409 e. The molecular weight excluding hydrogens is 302 g/mol. The molecule has 0 aromatic heterocycles. The smallest absolute Gasteiger partial charge is 0.233 e. The molecule has 1 unspecified atom stereocenters. The lowest BCUT2D eigenvalue weighted by Crippen LogP contribution is -2.41. The van der Waals surface area contributed by atoms with Gasteiger partial charge in [-0.25, -0.2) is 0 Å². The van der Waals surface area contributed by atoms with Crippen LogP contribution in [-0.2, 0) is 17.9 Å². The maximum absolute atomic E-state index is 12.9. The summed E-state index contributed by atoms with van der Waals surface area (Å²) in [5.41, 5.74) is 7.78. The molecule has 0 aliphatic carbocycles. The van der Waals surface area contributed by atoms with E-state index in [4.69, 9.17) is 10.9 Å². The van der Waals surface area contributed by atoms with Crippen LogP contribution in [0.1, 0.15) is 24.5 Å². The fourth-order valence-corrected chi connectivity index (χ4v) is 2.62. The van der Waals surface area contributed by atoms with E-state index < -0.39 is 5.92 Å². The van der Waals surface area contributed by atoms with Crippen molar-refractivity contribution in [2.75, 3.05) is 0 Å². The zero-order valence-corrected chi connectivity index (χ0v) is 13.8. The van der Waals surface area contributed by atoms with Crippen molar-refractivity contribution in [3.05, 3.63) is 71.8 Å². The Morgan fingerprint density at radius 3 is 1.88 bits per heavy atom. The molecule has 1 atom stereocenters. The fourth-order valence-electron chi connectivity index (χ4n) is 2.62. The van der Waals surface area contributed by atoms with Crippen molar-refractivity contribution in [1.82, 2.24) is 4.90 Å². The summed E-state index contributed by atoms with van der Waals surface area (Å²) in [5, 5.41) is 12.0. The Bertz CT molecular complexity index is 630. The first kappa shape index (κ1) is 17.5. The van der Waals surface area contributed by atoms with Crippen molar-refractivity contribution < 1.29 is 10.0 Å². The molecule has 3 N–H and O–H groups in total. The Morgan fingerprint density at radius 1 is 1.04 bits per heavy atom. The van der Waals surface area contributed by atoms with Crippen molar-refractivity contribution in [2.45, 2.75) is 26.4 Å². The standard InChI is InChI=1S/C19H23N3O2/c1-2-17(18(20)21-24)19(23)22(13-15-9-5-3-6-10-15)14-16-11-7-4-8-12-16/h3-12,17,24H,2,13-14H2,1H3,(H2,20,21). The second-order valence-corrected chi connectivity index (χ2v) is 5.65. The SMILES string of the molecule is CCC(C(=O)N(Cc1ccccc1)Cc1ccccc1)/C(N)=N/O. The maximum Gasteiger partial charge on any atom is 0.233 e. The highest BCUT2D eigenvalue weighted by molar-refractivity contribution is 6.02. The number of nitrogens with two attached hydrogens (primary N) is 1. The van der Waals surface area contributed by atoms with Crippen LogP contribution in [0.3, 0.4) is 0 Å². The van der Waals surface area contributed by atoms with E-state index in [1.54, 1.807) is 4.90 Å². The number of oxime groups is 1. The van der Waals surface area contributed by atoms with Gasteiger partial charge in [0.05, 0.1) is 5.92 Å². The van der Waals surface area contributed by atoms with Crippen LogP contribution in [0.25, 0.3) is 0 Å². The molecule has 0 saturated carbocycles. The molecule has 126 valence electrons. The monoisotopic (exact) mass is 325 g/mol. The fraction of sp³-hybridized carbons (Fsp3) is 0.263. The van der Waals surface area contributed by atoms with E-state index >= 15 is 0 Å². The van der Waals surface area contributed by atoms with Crippen LogP contribution in [0.4, 0.5) is 0 Å². The highest BCUT2D eigenvalue weighted by atomic mass is 16.4. The van der Waals surface area contributed by atoms with Crippen LogP contribution < -0.4 is 5.73 Å². The Labute approximate surface area is 142 Å². The minimum absolute atomic E-state index is 0.0476. The van der Waals surface area contributed by atoms with Crippen molar-refractivity contribution in [3.63, 3.8) is 0 Å². The van der Waals surface area contributed by atoms with E-state index in [1.165, 1.54) is 0 Å². The molecule has 5 heteroatoms. The molecule has 2 aromatic carbocycles. The van der Waals surface area contributed by atoms with Crippen LogP contribution in [0.15, 0.2) is 65.8 Å². The number of hydrogen-bond acceptors (Lipinski definition) is 3. The zero-order chi connectivity index (χ0) is 17.4. The molecule has 2 rings (SSSR count). The first-order chi connectivity index (χ1) is 11.7. The molecule has 0 spiro atoms. The number of hydrogen-bond donors (Lipinski definition) is 2. The van der Waals surface area contributed by atoms with Gasteiger partial charge in [-0.3, -0.25) is 4.79 Å². The molecule has 5 nitrogen and oxygen atoms in total. The predicted octanol–water partition coefficient (Wildman–Crippen LogP) is 2.99. The second-order valence-electron chi connectivity index (χ2n) is 5.65. The van der Waals surface area contributed by atoms with Gasteiger partial charge in [0.2, 0.25) is 5.91 Å². The van der Waals surface area contributed by atoms with E-state index in [0.717, 1.165) is 11.1 Å². The number of rotatable bonds is 7. The summed E-state index contributed by atoms with van der Waals surface area (Å²) in [6.45, 7) is 2.80. The number of amides is 1. The van der Waals surface area contributed by atoms with Crippen molar-refractivity contribution >= 4 is 11.7 Å². The van der Waals surface area contributed by atoms with Crippen molar-refractivity contribution in [1.29, 1.82) is 0 Å². The van der Waals surface area contributed by atoms with Crippen LogP contribution in [0, 0.1) is 5.92 Å². The lowest BCUT2D eigenvalue weighted by Gasteiger charge is -2.27. The van der Waals surface area contributed by atoms with E-state index in [0.29, 0.717) is 19.5 Å². The van der Waals surface area contributed by atoms with E-state index in [1.807, 2.05) is 67.6 Å². The first-order valence-corrected chi connectivity index (χ1v) is 7.99. The molecule has 24 heavy (non-hydrogen) atoms. The van der Waals surface area contributed by atoms with Crippen molar-refractivity contribution in [2.24, 2.45) is 16.8 Å². The summed E-state index contributed by atoms with van der Waals surface area (Å²) in [6, 6.07) is 19.6. The van der Waals surface area contributed by atoms with Gasteiger partial charge in [0, 0.05) is 13.1 Å². The molecular formula is C19H23N3O2. The summed E-state index contributed by atoms with van der Waals surface area (Å²) in [4.78, 5) is 14.7. The Morgan fingerprint density at radius 2 is 1.50 bits per heavy atom. The third kappa shape index (κ3) is 4.59. The Hall–Kier alpha value is -2.82. The van der Waals surface area contributed by atoms with E-state index in [2.05, 4.69) is 5.16 Å². The van der Waals surface area contributed by atoms with Gasteiger partial charge in [-0.2, -0.15) is 0 Å². The average molecular weight is 325 g/mol. The molecule has 1 amide bonds. The van der Waals surface area contributed by atoms with Gasteiger partial charge < -0.3 is 15.8 Å².